The third-order valence-corrected chi connectivity index (χ3v) is 3.85. The van der Waals surface area contributed by atoms with Gasteiger partial charge in [0.1, 0.15) is 0 Å². The fourth-order valence-electron chi connectivity index (χ4n) is 2.17. The number of ether oxygens (including phenoxy) is 1. The fourth-order valence-corrected chi connectivity index (χ4v) is 2.73. The van der Waals surface area contributed by atoms with Crippen LogP contribution in [0.5, 0.6) is 0 Å². The Hall–Kier alpha value is -1.64. The fraction of sp³-hybridized carbons (Fsp3) is 0.462. The van der Waals surface area contributed by atoms with Gasteiger partial charge in [0.15, 0.2) is 0 Å². The molecule has 116 valence electrons. The van der Waals surface area contributed by atoms with E-state index in [2.05, 4.69) is 15.4 Å². The summed E-state index contributed by atoms with van der Waals surface area (Å²) in [7, 11) is -1.50. The number of anilines is 2. The molecule has 0 radical (unpaired) electrons. The Morgan fingerprint density at radius 1 is 1.19 bits per heavy atom. The second-order valence-electron chi connectivity index (χ2n) is 4.98. The van der Waals surface area contributed by atoms with Gasteiger partial charge in [0.05, 0.1) is 25.4 Å². The SMILES string of the molecule is CNC1COCC1C(=O)Nc1ccc(NS(C)(=O)=O)cc1. The van der Waals surface area contributed by atoms with Gasteiger partial charge in [0.25, 0.3) is 0 Å². The lowest BCUT2D eigenvalue weighted by atomic mass is 10.0. The van der Waals surface area contributed by atoms with Gasteiger partial charge in [-0.1, -0.05) is 0 Å². The molecule has 0 saturated carbocycles. The van der Waals surface area contributed by atoms with Crippen molar-refractivity contribution in [1.82, 2.24) is 5.32 Å². The predicted molar refractivity (Wildman–Crippen MR) is 80.7 cm³/mol. The van der Waals surface area contributed by atoms with Crippen molar-refractivity contribution in [2.24, 2.45) is 5.92 Å². The first-order chi connectivity index (χ1) is 9.89. The first kappa shape index (κ1) is 15.7. The van der Waals surface area contributed by atoms with Gasteiger partial charge < -0.3 is 15.4 Å². The van der Waals surface area contributed by atoms with E-state index in [1.807, 2.05) is 0 Å². The Labute approximate surface area is 124 Å². The molecule has 2 atom stereocenters. The molecule has 0 aliphatic carbocycles. The van der Waals surface area contributed by atoms with E-state index in [0.29, 0.717) is 24.6 Å². The van der Waals surface area contributed by atoms with E-state index in [0.717, 1.165) is 6.26 Å². The van der Waals surface area contributed by atoms with E-state index in [-0.39, 0.29) is 17.9 Å². The maximum atomic E-state index is 12.2. The van der Waals surface area contributed by atoms with Gasteiger partial charge in [-0.25, -0.2) is 8.42 Å². The van der Waals surface area contributed by atoms with Crippen LogP contribution < -0.4 is 15.4 Å². The first-order valence-electron chi connectivity index (χ1n) is 6.53. The summed E-state index contributed by atoms with van der Waals surface area (Å²) in [6.45, 7) is 0.914. The number of hydrogen-bond donors (Lipinski definition) is 3. The first-order valence-corrected chi connectivity index (χ1v) is 8.42. The average molecular weight is 313 g/mol. The van der Waals surface area contributed by atoms with Gasteiger partial charge in [-0.15, -0.1) is 0 Å². The van der Waals surface area contributed by atoms with Crippen molar-refractivity contribution in [2.75, 3.05) is 36.6 Å². The summed E-state index contributed by atoms with van der Waals surface area (Å²) in [5.41, 5.74) is 1.06. The largest absolute Gasteiger partial charge is 0.379 e. The van der Waals surface area contributed by atoms with E-state index in [1.165, 1.54) is 0 Å². The molecule has 1 aromatic rings. The molecule has 1 aromatic carbocycles. The van der Waals surface area contributed by atoms with E-state index < -0.39 is 10.0 Å². The van der Waals surface area contributed by atoms with Crippen LogP contribution in [0.25, 0.3) is 0 Å². The average Bonchev–Trinajstić information content (AvgIpc) is 2.87. The molecule has 1 amide bonds. The van der Waals surface area contributed by atoms with Gasteiger partial charge in [-0.05, 0) is 31.3 Å². The van der Waals surface area contributed by atoms with Crippen molar-refractivity contribution in [3.05, 3.63) is 24.3 Å². The molecule has 0 aromatic heterocycles. The van der Waals surface area contributed by atoms with Crippen LogP contribution in [0.4, 0.5) is 11.4 Å². The molecule has 0 spiro atoms. The van der Waals surface area contributed by atoms with Crippen LogP contribution in [-0.2, 0) is 19.6 Å². The Balaban J connectivity index is 1.98. The highest BCUT2D eigenvalue weighted by molar-refractivity contribution is 7.92. The van der Waals surface area contributed by atoms with E-state index in [9.17, 15) is 13.2 Å². The Kier molecular flexibility index (Phi) is 4.81. The third-order valence-electron chi connectivity index (χ3n) is 3.24. The van der Waals surface area contributed by atoms with E-state index >= 15 is 0 Å². The molecule has 1 aliphatic heterocycles. The Morgan fingerprint density at radius 3 is 2.38 bits per heavy atom. The minimum absolute atomic E-state index is 0.0103. The lowest BCUT2D eigenvalue weighted by Gasteiger charge is -2.16. The molecule has 1 saturated heterocycles. The maximum Gasteiger partial charge on any atom is 0.231 e. The van der Waals surface area contributed by atoms with Gasteiger partial charge in [-0.2, -0.15) is 0 Å². The number of likely N-dealkylation sites (N-methyl/N-ethyl adjacent to an activating group) is 1. The van der Waals surface area contributed by atoms with E-state index in [4.69, 9.17) is 4.74 Å². The minimum atomic E-state index is -3.30. The lowest BCUT2D eigenvalue weighted by Crippen LogP contribution is -2.39. The van der Waals surface area contributed by atoms with Crippen LogP contribution >= 0.6 is 0 Å². The zero-order valence-electron chi connectivity index (χ0n) is 11.9. The predicted octanol–water partition coefficient (Wildman–Crippen LogP) is 0.231. The molecule has 1 aliphatic rings. The monoisotopic (exact) mass is 313 g/mol. The van der Waals surface area contributed by atoms with Crippen molar-refractivity contribution in [3.63, 3.8) is 0 Å². The second kappa shape index (κ2) is 6.42. The molecule has 3 N–H and O–H groups in total. The quantitative estimate of drug-likeness (QED) is 0.723. The Bertz CT molecular complexity index is 600. The lowest BCUT2D eigenvalue weighted by molar-refractivity contribution is -0.120. The molecular weight excluding hydrogens is 294 g/mol. The van der Waals surface area contributed by atoms with Crippen LogP contribution in [0.15, 0.2) is 24.3 Å². The number of hydrogen-bond acceptors (Lipinski definition) is 5. The molecular formula is C13H19N3O4S. The molecule has 8 heteroatoms. The zero-order chi connectivity index (χ0) is 15.5. The molecule has 0 bridgehead atoms. The van der Waals surface area contributed by atoms with Crippen LogP contribution in [0.2, 0.25) is 0 Å². The van der Waals surface area contributed by atoms with Crippen LogP contribution in [0.3, 0.4) is 0 Å². The molecule has 21 heavy (non-hydrogen) atoms. The summed E-state index contributed by atoms with van der Waals surface area (Å²) in [5.74, 6) is -0.348. The molecule has 1 heterocycles. The number of carbonyl (C=O) groups is 1. The summed E-state index contributed by atoms with van der Waals surface area (Å²) >= 11 is 0. The summed E-state index contributed by atoms with van der Waals surface area (Å²) in [6, 6.07) is 6.50. The molecule has 7 nitrogen and oxygen atoms in total. The third kappa shape index (κ3) is 4.42. The van der Waals surface area contributed by atoms with Crippen molar-refractivity contribution < 1.29 is 17.9 Å². The van der Waals surface area contributed by atoms with Crippen molar-refractivity contribution in [3.8, 4) is 0 Å². The van der Waals surface area contributed by atoms with Crippen molar-refractivity contribution in [2.45, 2.75) is 6.04 Å². The Morgan fingerprint density at radius 2 is 1.81 bits per heavy atom. The van der Waals surface area contributed by atoms with Gasteiger partial charge in [0.2, 0.25) is 15.9 Å². The molecule has 2 rings (SSSR count). The van der Waals surface area contributed by atoms with Gasteiger partial charge >= 0.3 is 0 Å². The van der Waals surface area contributed by atoms with E-state index in [1.54, 1.807) is 31.3 Å². The molecule has 2 unspecified atom stereocenters. The maximum absolute atomic E-state index is 12.2. The standard InChI is InChI=1S/C13H19N3O4S/c1-14-12-8-20-7-11(12)13(17)15-9-3-5-10(6-4-9)16-21(2,18)19/h3-6,11-12,14,16H,7-8H2,1-2H3,(H,15,17). The second-order valence-corrected chi connectivity index (χ2v) is 6.73. The van der Waals surface area contributed by atoms with Crippen molar-refractivity contribution >= 4 is 27.3 Å². The topological polar surface area (TPSA) is 96.5 Å². The highest BCUT2D eigenvalue weighted by atomic mass is 32.2. The van der Waals surface area contributed by atoms with Crippen LogP contribution in [0.1, 0.15) is 0 Å². The number of rotatable bonds is 5. The van der Waals surface area contributed by atoms with Gasteiger partial charge in [0, 0.05) is 17.4 Å². The summed E-state index contributed by atoms with van der Waals surface area (Å²) in [4.78, 5) is 12.2. The molecule has 1 fully saturated rings. The normalized spacial score (nSPS) is 22.0. The smallest absolute Gasteiger partial charge is 0.231 e. The zero-order valence-corrected chi connectivity index (χ0v) is 12.7. The highest BCUT2D eigenvalue weighted by Gasteiger charge is 2.32. The number of nitrogens with one attached hydrogen (secondary N) is 3. The number of sulfonamides is 1. The van der Waals surface area contributed by atoms with Gasteiger partial charge in [-0.3, -0.25) is 9.52 Å². The summed E-state index contributed by atoms with van der Waals surface area (Å²) in [5, 5.41) is 5.86. The summed E-state index contributed by atoms with van der Waals surface area (Å²) < 4.78 is 29.9. The summed E-state index contributed by atoms with van der Waals surface area (Å²) in [6.07, 6.45) is 1.08. The minimum Gasteiger partial charge on any atom is -0.379 e. The van der Waals surface area contributed by atoms with Crippen LogP contribution in [-0.4, -0.2) is 46.9 Å². The van der Waals surface area contributed by atoms with Crippen LogP contribution in [0, 0.1) is 5.92 Å². The van der Waals surface area contributed by atoms with Crippen molar-refractivity contribution in [1.29, 1.82) is 0 Å². The number of amides is 1. The number of carbonyl (C=O) groups excluding carboxylic acids is 1. The highest BCUT2D eigenvalue weighted by Crippen LogP contribution is 2.18. The number of benzene rings is 1.